The van der Waals surface area contributed by atoms with Crippen LogP contribution in [-0.4, -0.2) is 81.7 Å². The molecular formula is C26H27N5O6. The average Bonchev–Trinajstić information content (AvgIpc) is 3.33. The van der Waals surface area contributed by atoms with E-state index in [0.717, 1.165) is 0 Å². The maximum Gasteiger partial charge on any atom is 0.319 e. The number of urea groups is 1. The number of carboxylic acids is 1. The molecule has 4 rings (SSSR count). The maximum absolute atomic E-state index is 13.2. The number of nitrogens with zero attached hydrogens (tertiary/aromatic N) is 2. The van der Waals surface area contributed by atoms with E-state index in [1.54, 1.807) is 54.3 Å². The number of benzene rings is 2. The molecule has 2 aromatic carbocycles. The minimum atomic E-state index is -1.03. The van der Waals surface area contributed by atoms with Crippen LogP contribution in [0.4, 0.5) is 10.5 Å². The fraction of sp³-hybridized carbons (Fsp3) is 0.269. The number of H-pyrrole nitrogens is 1. The van der Waals surface area contributed by atoms with E-state index < -0.39 is 23.7 Å². The van der Waals surface area contributed by atoms with E-state index in [1.807, 2.05) is 6.07 Å². The van der Waals surface area contributed by atoms with Crippen molar-refractivity contribution in [3.63, 3.8) is 0 Å². The number of para-hydroxylation sites is 1. The summed E-state index contributed by atoms with van der Waals surface area (Å²) in [5, 5.41) is 14.2. The summed E-state index contributed by atoms with van der Waals surface area (Å²) in [6.45, 7) is 2.62. The van der Waals surface area contributed by atoms with Crippen molar-refractivity contribution in [2.24, 2.45) is 0 Å². The summed E-state index contributed by atoms with van der Waals surface area (Å²) in [6.07, 6.45) is 1.21. The Balaban J connectivity index is 1.43. The van der Waals surface area contributed by atoms with Crippen molar-refractivity contribution in [2.45, 2.75) is 19.4 Å². The molecule has 1 fully saturated rings. The molecule has 2 heterocycles. The highest BCUT2D eigenvalue weighted by molar-refractivity contribution is 6.45. The Labute approximate surface area is 212 Å². The van der Waals surface area contributed by atoms with Crippen LogP contribution < -0.4 is 10.6 Å². The van der Waals surface area contributed by atoms with Gasteiger partial charge in [-0.25, -0.2) is 4.79 Å². The Morgan fingerprint density at radius 3 is 2.49 bits per heavy atom. The molecule has 11 nitrogen and oxygen atoms in total. The summed E-state index contributed by atoms with van der Waals surface area (Å²) in [5.74, 6) is -2.50. The molecule has 0 aliphatic carbocycles. The van der Waals surface area contributed by atoms with Crippen LogP contribution >= 0.6 is 0 Å². The molecule has 0 bridgehead atoms. The number of anilines is 1. The molecule has 4 amide bonds. The zero-order valence-corrected chi connectivity index (χ0v) is 20.2. The van der Waals surface area contributed by atoms with Crippen LogP contribution in [0, 0.1) is 0 Å². The molecule has 0 radical (unpaired) electrons. The fourth-order valence-corrected chi connectivity index (χ4v) is 4.35. The number of hydrogen-bond donors (Lipinski definition) is 4. The van der Waals surface area contributed by atoms with Crippen LogP contribution in [-0.2, 0) is 9.59 Å². The van der Waals surface area contributed by atoms with Crippen molar-refractivity contribution >= 4 is 46.2 Å². The first-order valence-electron chi connectivity index (χ1n) is 11.8. The van der Waals surface area contributed by atoms with Gasteiger partial charge in [-0.2, -0.15) is 0 Å². The molecule has 0 saturated carbocycles. The first kappa shape index (κ1) is 25.4. The second kappa shape index (κ2) is 10.9. The van der Waals surface area contributed by atoms with E-state index in [-0.39, 0.29) is 37.0 Å². The normalized spacial score (nSPS) is 15.3. The van der Waals surface area contributed by atoms with Gasteiger partial charge < -0.3 is 30.5 Å². The third kappa shape index (κ3) is 5.61. The van der Waals surface area contributed by atoms with Gasteiger partial charge in [0.1, 0.15) is 0 Å². The number of aromatic amines is 1. The van der Waals surface area contributed by atoms with Crippen molar-refractivity contribution in [2.75, 3.05) is 31.5 Å². The maximum atomic E-state index is 13.2. The van der Waals surface area contributed by atoms with E-state index in [0.29, 0.717) is 35.2 Å². The topological polar surface area (TPSA) is 152 Å². The number of piperazine rings is 1. The highest BCUT2D eigenvalue weighted by Gasteiger charge is 2.34. The monoisotopic (exact) mass is 505 g/mol. The fourth-order valence-electron chi connectivity index (χ4n) is 4.35. The lowest BCUT2D eigenvalue weighted by Crippen LogP contribution is -2.56. The number of carbonyl (C=O) groups excluding carboxylic acids is 4. The van der Waals surface area contributed by atoms with E-state index in [2.05, 4.69) is 15.6 Å². The number of amides is 4. The summed E-state index contributed by atoms with van der Waals surface area (Å²) in [5.41, 5.74) is 1.57. The van der Waals surface area contributed by atoms with Crippen LogP contribution in [0.5, 0.6) is 0 Å². The number of ketones is 1. The van der Waals surface area contributed by atoms with Gasteiger partial charge >= 0.3 is 12.0 Å². The lowest BCUT2D eigenvalue weighted by molar-refractivity contribution is -0.136. The van der Waals surface area contributed by atoms with Gasteiger partial charge in [-0.05, 0) is 25.1 Å². The van der Waals surface area contributed by atoms with Crippen LogP contribution in [0.2, 0.25) is 0 Å². The van der Waals surface area contributed by atoms with Crippen molar-refractivity contribution in [3.05, 3.63) is 65.9 Å². The first-order valence-corrected chi connectivity index (χ1v) is 11.8. The molecule has 37 heavy (non-hydrogen) atoms. The Morgan fingerprint density at radius 1 is 1.03 bits per heavy atom. The van der Waals surface area contributed by atoms with Gasteiger partial charge in [-0.3, -0.25) is 19.2 Å². The van der Waals surface area contributed by atoms with Gasteiger partial charge in [0.05, 0.1) is 23.2 Å². The summed E-state index contributed by atoms with van der Waals surface area (Å²) in [7, 11) is 0. The molecule has 1 saturated heterocycles. The largest absolute Gasteiger partial charge is 0.481 e. The Morgan fingerprint density at radius 2 is 1.78 bits per heavy atom. The highest BCUT2D eigenvalue weighted by Crippen LogP contribution is 2.26. The standard InChI is InChI=1S/C26H27N5O6/c1-16-15-30(24(35)17-6-3-2-4-7-17)12-13-31(16)25(36)23(34)19-14-28-22-18(19)8-5-9-20(22)29-26(37)27-11-10-21(32)33/h2-9,14,16,28H,10-13,15H2,1H3,(H,32,33)(H2,27,29,37)/t16-/m1/s1. The van der Waals surface area contributed by atoms with E-state index in [4.69, 9.17) is 5.11 Å². The quantitative estimate of drug-likeness (QED) is 0.286. The van der Waals surface area contributed by atoms with E-state index in [1.165, 1.54) is 11.1 Å². The molecule has 1 aromatic heterocycles. The number of Topliss-reactive ketones (excluding diaryl/α,β-unsaturated/α-hetero) is 1. The first-order chi connectivity index (χ1) is 17.8. The van der Waals surface area contributed by atoms with Crippen LogP contribution in [0.3, 0.4) is 0 Å². The number of carbonyl (C=O) groups is 5. The molecule has 0 spiro atoms. The molecule has 1 atom stereocenters. The van der Waals surface area contributed by atoms with Crippen LogP contribution in [0.25, 0.3) is 10.9 Å². The zero-order valence-electron chi connectivity index (χ0n) is 20.2. The molecule has 192 valence electrons. The predicted octanol–water partition coefficient (Wildman–Crippen LogP) is 2.32. The molecule has 3 aromatic rings. The average molecular weight is 506 g/mol. The number of aliphatic carboxylic acids is 1. The molecule has 0 unspecified atom stereocenters. The third-order valence-electron chi connectivity index (χ3n) is 6.22. The van der Waals surface area contributed by atoms with Gasteiger partial charge in [0.25, 0.3) is 17.6 Å². The van der Waals surface area contributed by atoms with Crippen molar-refractivity contribution in [3.8, 4) is 0 Å². The van der Waals surface area contributed by atoms with Gasteiger partial charge in [-0.15, -0.1) is 0 Å². The van der Waals surface area contributed by atoms with Gasteiger partial charge in [0.2, 0.25) is 0 Å². The summed E-state index contributed by atoms with van der Waals surface area (Å²) in [6, 6.07) is 12.9. The number of rotatable bonds is 7. The van der Waals surface area contributed by atoms with Gasteiger partial charge in [0.15, 0.2) is 0 Å². The summed E-state index contributed by atoms with van der Waals surface area (Å²) < 4.78 is 0. The van der Waals surface area contributed by atoms with E-state index >= 15 is 0 Å². The molecule has 4 N–H and O–H groups in total. The Kier molecular flexibility index (Phi) is 7.52. The number of hydrogen-bond acceptors (Lipinski definition) is 5. The smallest absolute Gasteiger partial charge is 0.319 e. The van der Waals surface area contributed by atoms with Gasteiger partial charge in [-0.1, -0.05) is 30.3 Å². The lowest BCUT2D eigenvalue weighted by Gasteiger charge is -2.39. The summed E-state index contributed by atoms with van der Waals surface area (Å²) in [4.78, 5) is 68.0. The minimum Gasteiger partial charge on any atom is -0.481 e. The molecule has 1 aliphatic heterocycles. The molecule has 11 heteroatoms. The highest BCUT2D eigenvalue weighted by atomic mass is 16.4. The predicted molar refractivity (Wildman–Crippen MR) is 135 cm³/mol. The summed E-state index contributed by atoms with van der Waals surface area (Å²) >= 11 is 0. The number of aromatic nitrogens is 1. The van der Waals surface area contributed by atoms with Crippen LogP contribution in [0.1, 0.15) is 34.1 Å². The second-order valence-electron chi connectivity index (χ2n) is 8.75. The number of fused-ring (bicyclic) bond motifs is 1. The number of nitrogens with one attached hydrogen (secondary N) is 3. The SMILES string of the molecule is C[C@@H]1CN(C(=O)c2ccccc2)CCN1C(=O)C(=O)c1c[nH]c2c(NC(=O)NCCC(=O)O)cccc12. The zero-order chi connectivity index (χ0) is 26.5. The minimum absolute atomic E-state index is 0.0392. The third-order valence-corrected chi connectivity index (χ3v) is 6.22. The van der Waals surface area contributed by atoms with Crippen LogP contribution in [0.15, 0.2) is 54.7 Å². The second-order valence-corrected chi connectivity index (χ2v) is 8.75. The van der Waals surface area contributed by atoms with Crippen molar-refractivity contribution in [1.29, 1.82) is 0 Å². The van der Waals surface area contributed by atoms with E-state index in [9.17, 15) is 24.0 Å². The number of carboxylic acid groups (broad SMARTS) is 1. The van der Waals surface area contributed by atoms with Crippen molar-refractivity contribution in [1.82, 2.24) is 20.1 Å². The molecule has 1 aliphatic rings. The molecular weight excluding hydrogens is 478 g/mol. The lowest BCUT2D eigenvalue weighted by atomic mass is 10.1. The van der Waals surface area contributed by atoms with Gasteiger partial charge in [0, 0.05) is 49.4 Å². The Hall–Kier alpha value is -4.67. The van der Waals surface area contributed by atoms with Crippen molar-refractivity contribution < 1.29 is 29.1 Å². The Bertz CT molecular complexity index is 1350.